The van der Waals surface area contributed by atoms with Crippen LogP contribution in [0.3, 0.4) is 0 Å². The largest absolute Gasteiger partial charge is 0.495 e. The van der Waals surface area contributed by atoms with Crippen LogP contribution in [0.2, 0.25) is 0 Å². The Bertz CT molecular complexity index is 375. The molecular weight excluding hydrogens is 192 g/mol. The summed E-state index contributed by atoms with van der Waals surface area (Å²) in [7, 11) is 1.53. The summed E-state index contributed by atoms with van der Waals surface area (Å²) < 4.78 is 4.99. The number of hydrogen-bond acceptors (Lipinski definition) is 3. The van der Waals surface area contributed by atoms with Crippen molar-refractivity contribution in [3.8, 4) is 5.75 Å². The van der Waals surface area contributed by atoms with Crippen LogP contribution in [-0.4, -0.2) is 19.6 Å². The average Bonchev–Trinajstić information content (AvgIpc) is 2.25. The highest BCUT2D eigenvalue weighted by Crippen LogP contribution is 2.21. The molecule has 4 heteroatoms. The Morgan fingerprint density at radius 3 is 2.93 bits per heavy atom. The van der Waals surface area contributed by atoms with E-state index in [1.54, 1.807) is 24.3 Å². The molecule has 80 valence electrons. The molecule has 1 rings (SSSR count). The summed E-state index contributed by atoms with van der Waals surface area (Å²) in [6, 6.07) is 4.91. The van der Waals surface area contributed by atoms with Crippen LogP contribution in [0.25, 0.3) is 0 Å². The third kappa shape index (κ3) is 2.74. The molecule has 0 aromatic heterocycles. The smallest absolute Gasteiger partial charge is 0.251 e. The van der Waals surface area contributed by atoms with Gasteiger partial charge in [-0.05, 0) is 18.2 Å². The fourth-order valence-electron chi connectivity index (χ4n) is 1.14. The van der Waals surface area contributed by atoms with Crippen molar-refractivity contribution < 1.29 is 9.53 Å². The lowest BCUT2D eigenvalue weighted by Gasteiger charge is -2.06. The summed E-state index contributed by atoms with van der Waals surface area (Å²) in [5.74, 6) is 0.388. The van der Waals surface area contributed by atoms with E-state index in [0.29, 0.717) is 23.5 Å². The molecule has 0 bridgehead atoms. The summed E-state index contributed by atoms with van der Waals surface area (Å²) in [5.41, 5.74) is 6.63. The molecule has 0 unspecified atom stereocenters. The van der Waals surface area contributed by atoms with Gasteiger partial charge in [-0.3, -0.25) is 4.79 Å². The number of rotatable bonds is 4. The number of methoxy groups -OCH3 is 1. The second-order valence-electron chi connectivity index (χ2n) is 2.96. The van der Waals surface area contributed by atoms with Gasteiger partial charge >= 0.3 is 0 Å². The van der Waals surface area contributed by atoms with Crippen molar-refractivity contribution in [1.29, 1.82) is 0 Å². The maximum Gasteiger partial charge on any atom is 0.251 e. The van der Waals surface area contributed by atoms with Gasteiger partial charge in [0.15, 0.2) is 0 Å². The van der Waals surface area contributed by atoms with Crippen molar-refractivity contribution in [2.24, 2.45) is 0 Å². The molecule has 1 amide bonds. The highest BCUT2D eigenvalue weighted by atomic mass is 16.5. The summed E-state index contributed by atoms with van der Waals surface area (Å²) in [6.45, 7) is 3.95. The van der Waals surface area contributed by atoms with Crippen LogP contribution in [0.1, 0.15) is 10.4 Å². The van der Waals surface area contributed by atoms with Crippen molar-refractivity contribution in [2.45, 2.75) is 0 Å². The Morgan fingerprint density at radius 1 is 1.67 bits per heavy atom. The molecule has 0 fully saturated rings. The summed E-state index contributed by atoms with van der Waals surface area (Å²) in [4.78, 5) is 11.5. The van der Waals surface area contributed by atoms with Crippen LogP contribution < -0.4 is 15.8 Å². The minimum atomic E-state index is -0.177. The molecule has 0 spiro atoms. The minimum Gasteiger partial charge on any atom is -0.495 e. The molecule has 15 heavy (non-hydrogen) atoms. The number of carbonyl (C=O) groups excluding carboxylic acids is 1. The van der Waals surface area contributed by atoms with Crippen molar-refractivity contribution in [1.82, 2.24) is 5.32 Å². The zero-order valence-electron chi connectivity index (χ0n) is 8.62. The molecule has 3 N–H and O–H groups in total. The lowest BCUT2D eigenvalue weighted by Crippen LogP contribution is -2.23. The molecule has 0 heterocycles. The number of amides is 1. The molecule has 0 radical (unpaired) electrons. The van der Waals surface area contributed by atoms with Gasteiger partial charge < -0.3 is 15.8 Å². The first kappa shape index (κ1) is 11.1. The van der Waals surface area contributed by atoms with Gasteiger partial charge in [-0.25, -0.2) is 0 Å². The molecule has 1 aromatic carbocycles. The summed E-state index contributed by atoms with van der Waals surface area (Å²) in [6.07, 6.45) is 1.62. The molecule has 0 saturated carbocycles. The number of carbonyl (C=O) groups is 1. The average molecular weight is 206 g/mol. The predicted octanol–water partition coefficient (Wildman–Crippen LogP) is 1.19. The van der Waals surface area contributed by atoms with Crippen molar-refractivity contribution in [3.05, 3.63) is 36.4 Å². The number of ether oxygens (including phenoxy) is 1. The van der Waals surface area contributed by atoms with Gasteiger partial charge in [0.25, 0.3) is 5.91 Å². The van der Waals surface area contributed by atoms with Crippen molar-refractivity contribution >= 4 is 11.6 Å². The van der Waals surface area contributed by atoms with E-state index < -0.39 is 0 Å². The molecule has 0 aliphatic rings. The van der Waals surface area contributed by atoms with Crippen molar-refractivity contribution in [3.63, 3.8) is 0 Å². The van der Waals surface area contributed by atoms with Gasteiger partial charge in [0.2, 0.25) is 0 Å². The van der Waals surface area contributed by atoms with Crippen LogP contribution in [0.4, 0.5) is 5.69 Å². The number of nitrogens with one attached hydrogen (secondary N) is 1. The van der Waals surface area contributed by atoms with Gasteiger partial charge in [-0.15, -0.1) is 6.58 Å². The lowest BCUT2D eigenvalue weighted by molar-refractivity contribution is 0.0958. The Kier molecular flexibility index (Phi) is 3.74. The van der Waals surface area contributed by atoms with E-state index in [4.69, 9.17) is 10.5 Å². The van der Waals surface area contributed by atoms with E-state index in [2.05, 4.69) is 11.9 Å². The number of nitrogens with two attached hydrogens (primary N) is 1. The first-order chi connectivity index (χ1) is 7.19. The second-order valence-corrected chi connectivity index (χ2v) is 2.96. The maximum atomic E-state index is 11.5. The highest BCUT2D eigenvalue weighted by molar-refractivity contribution is 5.95. The molecule has 4 nitrogen and oxygen atoms in total. The van der Waals surface area contributed by atoms with Gasteiger partial charge in [0.1, 0.15) is 5.75 Å². The highest BCUT2D eigenvalue weighted by Gasteiger charge is 2.06. The Balaban J connectivity index is 2.82. The minimum absolute atomic E-state index is 0.177. The van der Waals surface area contributed by atoms with E-state index in [0.717, 1.165) is 0 Å². The number of hydrogen-bond donors (Lipinski definition) is 2. The first-order valence-corrected chi connectivity index (χ1v) is 4.51. The van der Waals surface area contributed by atoms with Gasteiger partial charge in [-0.2, -0.15) is 0 Å². The van der Waals surface area contributed by atoms with Gasteiger partial charge in [-0.1, -0.05) is 6.08 Å². The first-order valence-electron chi connectivity index (χ1n) is 4.51. The Labute approximate surface area is 88.7 Å². The zero-order valence-corrected chi connectivity index (χ0v) is 8.62. The Hall–Kier alpha value is -1.97. The lowest BCUT2D eigenvalue weighted by atomic mass is 10.2. The predicted molar refractivity (Wildman–Crippen MR) is 59.9 cm³/mol. The standard InChI is InChI=1S/C11H14N2O2/c1-3-6-13-11(14)8-4-5-10(15-2)9(12)7-8/h3-5,7H,1,6,12H2,2H3,(H,13,14). The monoisotopic (exact) mass is 206 g/mol. The molecule has 0 aliphatic carbocycles. The van der Waals surface area contributed by atoms with E-state index in [1.807, 2.05) is 0 Å². The molecule has 0 atom stereocenters. The summed E-state index contributed by atoms with van der Waals surface area (Å²) >= 11 is 0. The SMILES string of the molecule is C=CCNC(=O)c1ccc(OC)c(N)c1. The zero-order chi connectivity index (χ0) is 11.3. The third-order valence-electron chi connectivity index (χ3n) is 1.90. The van der Waals surface area contributed by atoms with E-state index in [-0.39, 0.29) is 5.91 Å². The second kappa shape index (κ2) is 5.05. The van der Waals surface area contributed by atoms with Gasteiger partial charge in [0.05, 0.1) is 12.8 Å². The van der Waals surface area contributed by atoms with Crippen LogP contribution in [0.5, 0.6) is 5.75 Å². The number of anilines is 1. The van der Waals surface area contributed by atoms with Crippen LogP contribution >= 0.6 is 0 Å². The fourth-order valence-corrected chi connectivity index (χ4v) is 1.14. The quantitative estimate of drug-likeness (QED) is 0.574. The third-order valence-corrected chi connectivity index (χ3v) is 1.90. The maximum absolute atomic E-state index is 11.5. The normalized spacial score (nSPS) is 9.40. The summed E-state index contributed by atoms with van der Waals surface area (Å²) in [5, 5.41) is 2.66. The molecular formula is C11H14N2O2. The van der Waals surface area contributed by atoms with E-state index >= 15 is 0 Å². The fraction of sp³-hybridized carbons (Fsp3) is 0.182. The molecule has 1 aromatic rings. The molecule has 0 saturated heterocycles. The van der Waals surface area contributed by atoms with Crippen LogP contribution in [-0.2, 0) is 0 Å². The van der Waals surface area contributed by atoms with Crippen LogP contribution in [0, 0.1) is 0 Å². The topological polar surface area (TPSA) is 64.3 Å². The van der Waals surface area contributed by atoms with Crippen LogP contribution in [0.15, 0.2) is 30.9 Å². The van der Waals surface area contributed by atoms with Crippen molar-refractivity contribution in [2.75, 3.05) is 19.4 Å². The number of nitrogen functional groups attached to an aromatic ring is 1. The van der Waals surface area contributed by atoms with E-state index in [1.165, 1.54) is 7.11 Å². The van der Waals surface area contributed by atoms with E-state index in [9.17, 15) is 4.79 Å². The Morgan fingerprint density at radius 2 is 2.40 bits per heavy atom. The van der Waals surface area contributed by atoms with Gasteiger partial charge in [0, 0.05) is 12.1 Å². The molecule has 0 aliphatic heterocycles. The number of benzene rings is 1.